The van der Waals surface area contributed by atoms with E-state index in [4.69, 9.17) is 16.2 Å². The van der Waals surface area contributed by atoms with Gasteiger partial charge in [0.05, 0.1) is 6.61 Å². The summed E-state index contributed by atoms with van der Waals surface area (Å²) in [7, 11) is 0. The molecule has 0 aliphatic carbocycles. The first-order valence-corrected chi connectivity index (χ1v) is 14.6. The summed E-state index contributed by atoms with van der Waals surface area (Å²) in [6.45, 7) is 9.00. The number of hydrogen-bond acceptors (Lipinski definition) is 9. The summed E-state index contributed by atoms with van der Waals surface area (Å²) in [4.78, 5) is 74.6. The van der Waals surface area contributed by atoms with Crippen molar-refractivity contribution in [2.75, 3.05) is 18.9 Å². The number of aliphatic carboxylic acids is 1. The molecule has 0 bridgehead atoms. The maximum absolute atomic E-state index is 13.4. The number of guanidine groups is 1. The van der Waals surface area contributed by atoms with Gasteiger partial charge in [-0.3, -0.25) is 34.2 Å². The largest absolute Gasteiger partial charge is 0.480 e. The van der Waals surface area contributed by atoms with Crippen LogP contribution in [0.2, 0.25) is 0 Å². The van der Waals surface area contributed by atoms with E-state index in [1.807, 2.05) is 13.8 Å². The fourth-order valence-electron chi connectivity index (χ4n) is 3.41. The van der Waals surface area contributed by atoms with Crippen LogP contribution in [0.4, 0.5) is 0 Å². The first-order valence-electron chi connectivity index (χ1n) is 13.5. The summed E-state index contributed by atoms with van der Waals surface area (Å²) >= 11 is 1.44. The molecule has 0 spiro atoms. The van der Waals surface area contributed by atoms with Gasteiger partial charge in [0, 0.05) is 19.2 Å². The van der Waals surface area contributed by atoms with Crippen LogP contribution in [0.5, 0.6) is 0 Å². The number of nitrogens with one attached hydrogen (secondary N) is 7. The van der Waals surface area contributed by atoms with Gasteiger partial charge in [-0.2, -0.15) is 11.8 Å². The van der Waals surface area contributed by atoms with Crippen molar-refractivity contribution < 1.29 is 39.0 Å². The van der Waals surface area contributed by atoms with Crippen molar-refractivity contribution in [3.05, 3.63) is 0 Å². The quantitative estimate of drug-likeness (QED) is 0.0414. The van der Waals surface area contributed by atoms with Crippen LogP contribution in [0.3, 0.4) is 0 Å². The third-order valence-electron chi connectivity index (χ3n) is 5.70. The Morgan fingerprint density at radius 2 is 1.36 bits per heavy atom. The minimum absolute atomic E-state index is 0.0865. The summed E-state index contributed by atoms with van der Waals surface area (Å²) in [6, 6.07) is -6.03. The maximum Gasteiger partial charge on any atom is 0.325 e. The fourth-order valence-corrected chi connectivity index (χ4v) is 4.22. The zero-order valence-corrected chi connectivity index (χ0v) is 25.7. The molecule has 0 aromatic carbocycles. The third-order valence-corrected chi connectivity index (χ3v) is 6.89. The molecule has 16 nitrogen and oxygen atoms in total. The van der Waals surface area contributed by atoms with Crippen molar-refractivity contribution in [3.8, 4) is 0 Å². The number of carboxylic acid groups (broad SMARTS) is 1. The highest BCUT2D eigenvalue weighted by Gasteiger charge is 2.33. The monoisotopic (exact) mass is 618 g/mol. The standard InChI is InChI=1S/C25H46N8O8S/c1-12(2)19(23(39)32-17(10-34)21(37)29-14(5)24(40)41)33-20(36)16(8-7-9-28-25(26)27)31-22(38)18(30-15(6)35)11-42-13(3)4/h12-14,16-19,34H,7-11H2,1-6H3,(H,29,37)(H,30,35)(H,31,38)(H,32,39)(H,33,36)(H,40,41)(H4,26,27,28)/t14-,16-,17-,18-,19-/m0/s1. The molecule has 0 aromatic rings. The van der Waals surface area contributed by atoms with E-state index in [1.54, 1.807) is 13.8 Å². The van der Waals surface area contributed by atoms with Crippen LogP contribution >= 0.6 is 11.8 Å². The van der Waals surface area contributed by atoms with Crippen molar-refractivity contribution in [1.82, 2.24) is 31.9 Å². The van der Waals surface area contributed by atoms with Crippen molar-refractivity contribution in [3.63, 3.8) is 0 Å². The molecule has 0 saturated carbocycles. The van der Waals surface area contributed by atoms with Crippen LogP contribution in [-0.4, -0.2) is 106 Å². The number of aliphatic hydroxyl groups is 1. The van der Waals surface area contributed by atoms with Gasteiger partial charge < -0.3 is 47.8 Å². The molecule has 0 aromatic heterocycles. The van der Waals surface area contributed by atoms with Gasteiger partial charge in [0.25, 0.3) is 0 Å². The minimum Gasteiger partial charge on any atom is -0.480 e. The average molecular weight is 619 g/mol. The van der Waals surface area contributed by atoms with Crippen molar-refractivity contribution >= 4 is 53.2 Å². The molecule has 11 N–H and O–H groups in total. The van der Waals surface area contributed by atoms with Crippen LogP contribution in [0.1, 0.15) is 54.4 Å². The second-order valence-electron chi connectivity index (χ2n) is 10.2. The molecular weight excluding hydrogens is 572 g/mol. The lowest BCUT2D eigenvalue weighted by Gasteiger charge is -2.28. The van der Waals surface area contributed by atoms with Crippen molar-refractivity contribution in [2.45, 2.75) is 89.8 Å². The summed E-state index contributed by atoms with van der Waals surface area (Å²) in [5, 5.41) is 40.9. The van der Waals surface area contributed by atoms with E-state index in [9.17, 15) is 33.9 Å². The highest BCUT2D eigenvalue weighted by Crippen LogP contribution is 2.12. The average Bonchev–Trinajstić information content (AvgIpc) is 2.88. The molecule has 5 atom stereocenters. The Morgan fingerprint density at radius 3 is 1.83 bits per heavy atom. The SMILES string of the molecule is CC(=O)N[C@@H](CSC(C)C)C(=O)N[C@@H](CCCNC(=N)N)C(=O)N[C@H](C(=O)N[C@@H](CO)C(=O)N[C@@H](C)C(=O)O)C(C)C. The number of amides is 5. The number of rotatable bonds is 19. The van der Waals surface area contributed by atoms with E-state index in [2.05, 4.69) is 31.9 Å². The predicted molar refractivity (Wildman–Crippen MR) is 157 cm³/mol. The topological polar surface area (TPSA) is 265 Å². The van der Waals surface area contributed by atoms with Gasteiger partial charge in [-0.15, -0.1) is 0 Å². The third kappa shape index (κ3) is 15.4. The van der Waals surface area contributed by atoms with E-state index >= 15 is 0 Å². The van der Waals surface area contributed by atoms with E-state index in [0.29, 0.717) is 6.42 Å². The minimum atomic E-state index is -1.48. The normalized spacial score (nSPS) is 14.5. The van der Waals surface area contributed by atoms with E-state index in [1.165, 1.54) is 25.6 Å². The van der Waals surface area contributed by atoms with Gasteiger partial charge >= 0.3 is 5.97 Å². The number of hydrogen-bond donors (Lipinski definition) is 10. The Labute approximate surface area is 250 Å². The molecule has 0 saturated heterocycles. The zero-order valence-electron chi connectivity index (χ0n) is 24.9. The second-order valence-corrected chi connectivity index (χ2v) is 11.8. The van der Waals surface area contributed by atoms with Crippen LogP contribution in [0.25, 0.3) is 0 Å². The fraction of sp³-hybridized carbons (Fsp3) is 0.720. The molecule has 0 unspecified atom stereocenters. The molecule has 0 radical (unpaired) electrons. The second kappa shape index (κ2) is 19.5. The van der Waals surface area contributed by atoms with Gasteiger partial charge in [-0.05, 0) is 30.9 Å². The molecule has 0 heterocycles. The summed E-state index contributed by atoms with van der Waals surface area (Å²) < 4.78 is 0. The summed E-state index contributed by atoms with van der Waals surface area (Å²) in [5.41, 5.74) is 5.30. The predicted octanol–water partition coefficient (Wildman–Crippen LogP) is -2.41. The van der Waals surface area contributed by atoms with Gasteiger partial charge in [0.15, 0.2) is 5.96 Å². The number of carboxylic acids is 1. The summed E-state index contributed by atoms with van der Waals surface area (Å²) in [6.07, 6.45) is 0.389. The van der Waals surface area contributed by atoms with Crippen LogP contribution < -0.4 is 37.6 Å². The van der Waals surface area contributed by atoms with Crippen LogP contribution in [-0.2, 0) is 28.8 Å². The Morgan fingerprint density at radius 1 is 0.810 bits per heavy atom. The van der Waals surface area contributed by atoms with Gasteiger partial charge in [-0.25, -0.2) is 0 Å². The molecule has 0 rings (SSSR count). The highest BCUT2D eigenvalue weighted by molar-refractivity contribution is 7.99. The van der Waals surface area contributed by atoms with Crippen molar-refractivity contribution in [2.24, 2.45) is 11.7 Å². The molecule has 5 amide bonds. The lowest BCUT2D eigenvalue weighted by molar-refractivity contribution is -0.142. The molecule has 42 heavy (non-hydrogen) atoms. The first-order chi connectivity index (χ1) is 19.5. The number of aliphatic hydroxyl groups excluding tert-OH is 1. The molecule has 240 valence electrons. The first kappa shape index (κ1) is 38.4. The van der Waals surface area contributed by atoms with E-state index < -0.39 is 78.2 Å². The Kier molecular flexibility index (Phi) is 17.8. The van der Waals surface area contributed by atoms with Gasteiger partial charge in [-0.1, -0.05) is 27.7 Å². The lowest BCUT2D eigenvalue weighted by atomic mass is 10.0. The van der Waals surface area contributed by atoms with Gasteiger partial charge in [0.2, 0.25) is 29.5 Å². The molecule has 17 heteroatoms. The number of nitrogens with two attached hydrogens (primary N) is 1. The Balaban J connectivity index is 5.79. The lowest BCUT2D eigenvalue weighted by Crippen LogP contribution is -2.60. The maximum atomic E-state index is 13.4. The van der Waals surface area contributed by atoms with E-state index in [0.717, 1.165) is 0 Å². The van der Waals surface area contributed by atoms with Gasteiger partial charge in [0.1, 0.15) is 30.2 Å². The number of thioether (sulfide) groups is 1. The Hall–Kier alpha value is -3.60. The smallest absolute Gasteiger partial charge is 0.325 e. The molecule has 0 aliphatic rings. The molecular formula is C25H46N8O8S. The number of carbonyl (C=O) groups is 6. The molecule has 0 aliphatic heterocycles. The number of carbonyl (C=O) groups excluding carboxylic acids is 5. The summed E-state index contributed by atoms with van der Waals surface area (Å²) in [5.74, 6) is -5.32. The molecule has 0 fully saturated rings. The zero-order chi connectivity index (χ0) is 32.6. The van der Waals surface area contributed by atoms with Crippen LogP contribution in [0.15, 0.2) is 0 Å². The van der Waals surface area contributed by atoms with Crippen molar-refractivity contribution in [1.29, 1.82) is 5.41 Å². The van der Waals surface area contributed by atoms with Crippen LogP contribution in [0, 0.1) is 11.3 Å². The van der Waals surface area contributed by atoms with E-state index in [-0.39, 0.29) is 29.9 Å². The Bertz CT molecular complexity index is 965. The highest BCUT2D eigenvalue weighted by atomic mass is 32.2.